The minimum Gasteiger partial charge on any atom is -0.362 e. The third-order valence-electron chi connectivity index (χ3n) is 5.72. The molecule has 0 spiro atoms. The second-order valence-corrected chi connectivity index (χ2v) is 9.97. The summed E-state index contributed by atoms with van der Waals surface area (Å²) in [6.07, 6.45) is 6.34. The van der Waals surface area contributed by atoms with Crippen LogP contribution in [0.3, 0.4) is 0 Å². The van der Waals surface area contributed by atoms with Gasteiger partial charge >= 0.3 is 0 Å². The van der Waals surface area contributed by atoms with Crippen molar-refractivity contribution < 1.29 is 9.53 Å². The van der Waals surface area contributed by atoms with E-state index in [1.165, 1.54) is 0 Å². The second-order valence-electron chi connectivity index (χ2n) is 9.97. The Bertz CT molecular complexity index is 873. The van der Waals surface area contributed by atoms with Gasteiger partial charge in [-0.1, -0.05) is 45.0 Å². The van der Waals surface area contributed by atoms with Crippen molar-refractivity contribution in [3.63, 3.8) is 0 Å². The molecule has 2 fully saturated rings. The van der Waals surface area contributed by atoms with Crippen molar-refractivity contribution in [2.24, 2.45) is 5.41 Å². The summed E-state index contributed by atoms with van der Waals surface area (Å²) in [5, 5.41) is 3.22. The van der Waals surface area contributed by atoms with Crippen molar-refractivity contribution in [3.05, 3.63) is 54.4 Å². The monoisotopic (exact) mass is 407 g/mol. The Morgan fingerprint density at radius 3 is 2.67 bits per heavy atom. The number of carbonyl (C=O) groups is 1. The number of benzene rings is 1. The van der Waals surface area contributed by atoms with E-state index in [0.29, 0.717) is 25.6 Å². The normalized spacial score (nSPS) is 22.6. The van der Waals surface area contributed by atoms with E-state index in [-0.39, 0.29) is 11.3 Å². The minimum absolute atomic E-state index is 0.0397. The lowest BCUT2D eigenvalue weighted by Gasteiger charge is -2.43. The average molecular weight is 408 g/mol. The highest BCUT2D eigenvalue weighted by Gasteiger charge is 2.45. The Balaban J connectivity index is 1.59. The van der Waals surface area contributed by atoms with E-state index in [2.05, 4.69) is 60.2 Å². The molecular formula is C25H33N3O2. The van der Waals surface area contributed by atoms with Gasteiger partial charge in [-0.3, -0.25) is 14.7 Å². The first-order valence-electron chi connectivity index (χ1n) is 11.0. The van der Waals surface area contributed by atoms with Gasteiger partial charge in [0.1, 0.15) is 0 Å². The first kappa shape index (κ1) is 21.0. The molecule has 2 aromatic rings. The molecule has 160 valence electrons. The Hall–Kier alpha value is -2.24. The molecule has 2 heterocycles. The van der Waals surface area contributed by atoms with E-state index in [4.69, 9.17) is 4.74 Å². The number of hydrogen-bond donors (Lipinski definition) is 1. The summed E-state index contributed by atoms with van der Waals surface area (Å²) in [7, 11) is 0. The van der Waals surface area contributed by atoms with E-state index >= 15 is 0 Å². The lowest BCUT2D eigenvalue weighted by atomic mass is 9.88. The number of pyridine rings is 1. The quantitative estimate of drug-likeness (QED) is 0.794. The van der Waals surface area contributed by atoms with Crippen LogP contribution in [0.25, 0.3) is 11.1 Å². The number of hydrogen-bond acceptors (Lipinski definition) is 4. The lowest BCUT2D eigenvalue weighted by Crippen LogP contribution is -2.62. The number of nitrogens with zero attached hydrogens (tertiary/aromatic N) is 2. The molecule has 4 rings (SSSR count). The van der Waals surface area contributed by atoms with Gasteiger partial charge in [-0.05, 0) is 47.1 Å². The molecule has 1 atom stereocenters. The molecule has 5 heteroatoms. The maximum absolute atomic E-state index is 13.4. The van der Waals surface area contributed by atoms with Gasteiger partial charge in [0, 0.05) is 44.5 Å². The molecule has 5 nitrogen and oxygen atoms in total. The Kier molecular flexibility index (Phi) is 5.94. The summed E-state index contributed by atoms with van der Waals surface area (Å²) in [6, 6.07) is 12.8. The van der Waals surface area contributed by atoms with Crippen LogP contribution in [0.1, 0.15) is 39.2 Å². The fourth-order valence-corrected chi connectivity index (χ4v) is 4.27. The van der Waals surface area contributed by atoms with Crippen molar-refractivity contribution in [3.8, 4) is 11.1 Å². The molecule has 1 saturated heterocycles. The van der Waals surface area contributed by atoms with Gasteiger partial charge < -0.3 is 10.1 Å². The zero-order valence-corrected chi connectivity index (χ0v) is 18.4. The number of morpholine rings is 1. The van der Waals surface area contributed by atoms with Crippen molar-refractivity contribution in [2.75, 3.05) is 26.2 Å². The zero-order valence-electron chi connectivity index (χ0n) is 18.4. The molecule has 1 amide bonds. The van der Waals surface area contributed by atoms with Gasteiger partial charge in [0.2, 0.25) is 0 Å². The van der Waals surface area contributed by atoms with E-state index in [9.17, 15) is 4.79 Å². The van der Waals surface area contributed by atoms with Crippen LogP contribution in [0.5, 0.6) is 0 Å². The van der Waals surface area contributed by atoms with E-state index in [0.717, 1.165) is 42.6 Å². The Labute approximate surface area is 179 Å². The van der Waals surface area contributed by atoms with Gasteiger partial charge in [-0.2, -0.15) is 0 Å². The number of rotatable bonds is 6. The Morgan fingerprint density at radius 1 is 1.20 bits per heavy atom. The highest BCUT2D eigenvalue weighted by molar-refractivity contribution is 5.86. The fourth-order valence-electron chi connectivity index (χ4n) is 4.27. The fraction of sp³-hybridized carbons (Fsp3) is 0.520. The highest BCUT2D eigenvalue weighted by Crippen LogP contribution is 2.30. The number of carbonyl (C=O) groups excluding carboxylic acids is 1. The smallest absolute Gasteiger partial charge is 0.254 e. The predicted molar refractivity (Wildman–Crippen MR) is 119 cm³/mol. The van der Waals surface area contributed by atoms with E-state index in [1.54, 1.807) is 12.4 Å². The SMILES string of the molecule is CC(C)(C)CN1CCO[C@](Cc2cccc(-c3ccncc3)c2)(C(=O)NC2CC2)C1. The number of nitrogens with one attached hydrogen (secondary N) is 1. The maximum Gasteiger partial charge on any atom is 0.254 e. The van der Waals surface area contributed by atoms with E-state index < -0.39 is 5.60 Å². The summed E-state index contributed by atoms with van der Waals surface area (Å²) in [6.45, 7) is 9.75. The van der Waals surface area contributed by atoms with Crippen molar-refractivity contribution >= 4 is 5.91 Å². The number of aromatic nitrogens is 1. The van der Waals surface area contributed by atoms with Crippen LogP contribution < -0.4 is 5.32 Å². The minimum atomic E-state index is -0.844. The standard InChI is InChI=1S/C25H33N3O2/c1-24(2,3)17-28-13-14-30-25(18-28,23(29)27-22-7-8-22)16-19-5-4-6-21(15-19)20-9-11-26-12-10-20/h4-6,9-12,15,22H,7-8,13-14,16-18H2,1-3H3,(H,27,29)/t25-/m0/s1. The zero-order chi connectivity index (χ0) is 21.2. The first-order chi connectivity index (χ1) is 14.3. The molecule has 30 heavy (non-hydrogen) atoms. The topological polar surface area (TPSA) is 54.5 Å². The number of amides is 1. The molecule has 1 aliphatic heterocycles. The van der Waals surface area contributed by atoms with Gasteiger partial charge in [0.15, 0.2) is 5.60 Å². The second kappa shape index (κ2) is 8.48. The molecule has 1 aromatic heterocycles. The summed E-state index contributed by atoms with van der Waals surface area (Å²) in [4.78, 5) is 19.9. The van der Waals surface area contributed by atoms with Gasteiger partial charge in [0.25, 0.3) is 5.91 Å². The molecule has 1 N–H and O–H groups in total. The van der Waals surface area contributed by atoms with E-state index in [1.807, 2.05) is 12.1 Å². The molecule has 0 unspecified atom stereocenters. The largest absolute Gasteiger partial charge is 0.362 e. The molecular weight excluding hydrogens is 374 g/mol. The first-order valence-corrected chi connectivity index (χ1v) is 11.0. The van der Waals surface area contributed by atoms with Crippen LogP contribution in [0.15, 0.2) is 48.8 Å². The van der Waals surface area contributed by atoms with Gasteiger partial charge in [-0.15, -0.1) is 0 Å². The summed E-state index contributed by atoms with van der Waals surface area (Å²) >= 11 is 0. The summed E-state index contributed by atoms with van der Waals surface area (Å²) < 4.78 is 6.29. The predicted octanol–water partition coefficient (Wildman–Crippen LogP) is 3.69. The molecule has 1 aliphatic carbocycles. The number of ether oxygens (including phenoxy) is 1. The van der Waals surface area contributed by atoms with Crippen LogP contribution in [-0.4, -0.2) is 53.7 Å². The van der Waals surface area contributed by atoms with Crippen LogP contribution in [0.2, 0.25) is 0 Å². The van der Waals surface area contributed by atoms with Crippen LogP contribution in [0.4, 0.5) is 0 Å². The molecule has 0 bridgehead atoms. The van der Waals surface area contributed by atoms with Gasteiger partial charge in [-0.25, -0.2) is 0 Å². The van der Waals surface area contributed by atoms with Crippen LogP contribution in [0, 0.1) is 5.41 Å². The lowest BCUT2D eigenvalue weighted by molar-refractivity contribution is -0.161. The maximum atomic E-state index is 13.4. The van der Waals surface area contributed by atoms with Crippen molar-refractivity contribution in [2.45, 2.75) is 51.7 Å². The average Bonchev–Trinajstić information content (AvgIpc) is 3.52. The summed E-state index contributed by atoms with van der Waals surface area (Å²) in [5.41, 5.74) is 2.71. The van der Waals surface area contributed by atoms with Crippen LogP contribution >= 0.6 is 0 Å². The summed E-state index contributed by atoms with van der Waals surface area (Å²) in [5.74, 6) is 0.0397. The molecule has 2 aliphatic rings. The van der Waals surface area contributed by atoms with Gasteiger partial charge in [0.05, 0.1) is 6.61 Å². The molecule has 1 aromatic carbocycles. The third kappa shape index (κ3) is 5.27. The molecule has 0 radical (unpaired) electrons. The Morgan fingerprint density at radius 2 is 1.97 bits per heavy atom. The third-order valence-corrected chi connectivity index (χ3v) is 5.72. The van der Waals surface area contributed by atoms with Crippen molar-refractivity contribution in [1.82, 2.24) is 15.2 Å². The highest BCUT2D eigenvalue weighted by atomic mass is 16.5. The van der Waals surface area contributed by atoms with Crippen molar-refractivity contribution in [1.29, 1.82) is 0 Å². The van der Waals surface area contributed by atoms with Crippen LogP contribution in [-0.2, 0) is 16.0 Å². The molecule has 1 saturated carbocycles.